The fourth-order valence-corrected chi connectivity index (χ4v) is 5.36. The molecule has 5 rings (SSSR count). The number of hydrogen-bond donors (Lipinski definition) is 1. The Bertz CT molecular complexity index is 1610. The van der Waals surface area contributed by atoms with Gasteiger partial charge >= 0.3 is 23.9 Å². The summed E-state index contributed by atoms with van der Waals surface area (Å²) in [4.78, 5) is 65.1. The number of nitrogens with zero attached hydrogens (tertiary/aromatic N) is 3. The summed E-state index contributed by atoms with van der Waals surface area (Å²) >= 11 is 0. The molecule has 4 aliphatic rings. The molecule has 3 aliphatic heterocycles. The highest BCUT2D eigenvalue weighted by atomic mass is 16.7. The topological polar surface area (TPSA) is 202 Å². The SMILES string of the molecule is CC1(C)OCC(C)(C(=O)OCC(C)(COC(=O)C2(C)COC(C)(C)OC2)C(=O)OCc2cn(CCNC(=O)C3C=C4C=CC=CC4OC3=O)nn2)CO1. The monoisotopic (exact) mass is 744 g/mol. The number of rotatable bonds is 13. The molecule has 1 amide bonds. The van der Waals surface area contributed by atoms with E-state index in [1.807, 2.05) is 0 Å². The Morgan fingerprint density at radius 1 is 0.887 bits per heavy atom. The molecule has 1 aliphatic carbocycles. The zero-order valence-electron chi connectivity index (χ0n) is 31.1. The quantitative estimate of drug-likeness (QED) is 0.174. The summed E-state index contributed by atoms with van der Waals surface area (Å²) < 4.78 is 46.2. The van der Waals surface area contributed by atoms with Crippen LogP contribution in [0.4, 0.5) is 0 Å². The van der Waals surface area contributed by atoms with Crippen LogP contribution in [0.25, 0.3) is 0 Å². The van der Waals surface area contributed by atoms with Crippen molar-refractivity contribution >= 4 is 29.8 Å². The van der Waals surface area contributed by atoms with Gasteiger partial charge in [0.05, 0.1) is 39.2 Å². The fraction of sp³-hybridized carbons (Fsp3) is 0.639. The molecule has 1 N–H and O–H groups in total. The normalized spacial score (nSPS) is 23.8. The van der Waals surface area contributed by atoms with Crippen molar-refractivity contribution < 1.29 is 61.9 Å². The van der Waals surface area contributed by atoms with Crippen molar-refractivity contribution in [3.63, 3.8) is 0 Å². The molecule has 2 saturated heterocycles. The van der Waals surface area contributed by atoms with Crippen LogP contribution in [0.5, 0.6) is 0 Å². The number of amides is 1. The highest BCUT2D eigenvalue weighted by Crippen LogP contribution is 2.34. The van der Waals surface area contributed by atoms with Crippen molar-refractivity contribution in [1.29, 1.82) is 0 Å². The zero-order chi connectivity index (χ0) is 38.7. The summed E-state index contributed by atoms with van der Waals surface area (Å²) in [6, 6.07) is 0. The van der Waals surface area contributed by atoms with Crippen molar-refractivity contribution in [3.05, 3.63) is 47.8 Å². The lowest BCUT2D eigenvalue weighted by Crippen LogP contribution is -2.51. The second-order valence-electron chi connectivity index (χ2n) is 15.4. The number of carbonyl (C=O) groups excluding carboxylic acids is 5. The van der Waals surface area contributed by atoms with Gasteiger partial charge in [0.25, 0.3) is 0 Å². The van der Waals surface area contributed by atoms with Crippen LogP contribution in [0.2, 0.25) is 0 Å². The van der Waals surface area contributed by atoms with Gasteiger partial charge in [-0.05, 0) is 60.1 Å². The maximum Gasteiger partial charge on any atom is 0.323 e. The molecular weight excluding hydrogens is 696 g/mol. The maximum atomic E-state index is 13.6. The van der Waals surface area contributed by atoms with Crippen LogP contribution in [0.1, 0.15) is 54.2 Å². The summed E-state index contributed by atoms with van der Waals surface area (Å²) in [6.45, 7) is 10.8. The number of hydrogen-bond acceptors (Lipinski definition) is 15. The Morgan fingerprint density at radius 3 is 2.02 bits per heavy atom. The van der Waals surface area contributed by atoms with Crippen LogP contribution in [0.3, 0.4) is 0 Å². The van der Waals surface area contributed by atoms with Gasteiger partial charge in [0.15, 0.2) is 17.5 Å². The molecule has 17 heteroatoms. The van der Waals surface area contributed by atoms with E-state index >= 15 is 0 Å². The third kappa shape index (κ3) is 9.76. The summed E-state index contributed by atoms with van der Waals surface area (Å²) in [5.74, 6) is -6.11. The molecule has 0 spiro atoms. The molecule has 1 aromatic rings. The minimum absolute atomic E-state index is 0.0317. The lowest BCUT2D eigenvalue weighted by molar-refractivity contribution is -0.282. The van der Waals surface area contributed by atoms with E-state index in [0.29, 0.717) is 0 Å². The molecule has 1 aromatic heterocycles. The first-order chi connectivity index (χ1) is 24.8. The van der Waals surface area contributed by atoms with Crippen molar-refractivity contribution in [2.24, 2.45) is 22.2 Å². The van der Waals surface area contributed by atoms with E-state index in [9.17, 15) is 24.0 Å². The van der Waals surface area contributed by atoms with E-state index in [2.05, 4.69) is 15.6 Å². The van der Waals surface area contributed by atoms with E-state index in [4.69, 9.17) is 37.9 Å². The first kappa shape index (κ1) is 39.8. The van der Waals surface area contributed by atoms with Gasteiger partial charge in [-0.1, -0.05) is 29.5 Å². The van der Waals surface area contributed by atoms with Gasteiger partial charge in [-0.15, -0.1) is 5.10 Å². The predicted molar refractivity (Wildman–Crippen MR) is 181 cm³/mol. The largest absolute Gasteiger partial charge is 0.464 e. The number of allylic oxidation sites excluding steroid dienone is 2. The maximum absolute atomic E-state index is 13.6. The van der Waals surface area contributed by atoms with Crippen LogP contribution >= 0.6 is 0 Å². The lowest BCUT2D eigenvalue weighted by Gasteiger charge is -2.40. The van der Waals surface area contributed by atoms with Gasteiger partial charge in [-0.2, -0.15) is 0 Å². The summed E-state index contributed by atoms with van der Waals surface area (Å²) in [6.07, 6.45) is 9.71. The van der Waals surface area contributed by atoms with Crippen LogP contribution in [0.15, 0.2) is 42.2 Å². The molecule has 0 radical (unpaired) electrons. The van der Waals surface area contributed by atoms with Crippen LogP contribution in [0, 0.1) is 22.2 Å². The number of esters is 4. The van der Waals surface area contributed by atoms with E-state index in [1.165, 1.54) is 17.8 Å². The Kier molecular flexibility index (Phi) is 11.6. The molecule has 2 unspecified atom stereocenters. The third-order valence-corrected chi connectivity index (χ3v) is 9.21. The highest BCUT2D eigenvalue weighted by molar-refractivity contribution is 6.00. The molecule has 53 heavy (non-hydrogen) atoms. The lowest BCUT2D eigenvalue weighted by atomic mass is 9.89. The van der Waals surface area contributed by atoms with Crippen LogP contribution in [-0.4, -0.2) is 109 Å². The molecular formula is C36H48N4O13. The molecule has 2 atom stereocenters. The van der Waals surface area contributed by atoms with Crippen molar-refractivity contribution in [1.82, 2.24) is 20.3 Å². The van der Waals surface area contributed by atoms with Gasteiger partial charge in [0, 0.05) is 6.54 Å². The number of aromatic nitrogens is 3. The minimum Gasteiger partial charge on any atom is -0.464 e. The second kappa shape index (κ2) is 15.5. The van der Waals surface area contributed by atoms with E-state index < -0.39 is 82.8 Å². The van der Waals surface area contributed by atoms with Crippen molar-refractivity contribution in [2.45, 2.75) is 79.3 Å². The first-order valence-corrected chi connectivity index (χ1v) is 17.3. The predicted octanol–water partition coefficient (Wildman–Crippen LogP) is 1.70. The molecule has 17 nitrogen and oxygen atoms in total. The van der Waals surface area contributed by atoms with E-state index in [0.717, 1.165) is 5.57 Å². The van der Waals surface area contributed by atoms with E-state index in [1.54, 1.807) is 71.9 Å². The minimum atomic E-state index is -1.64. The Balaban J connectivity index is 1.16. The average Bonchev–Trinajstić information content (AvgIpc) is 3.58. The summed E-state index contributed by atoms with van der Waals surface area (Å²) in [7, 11) is 0. The molecule has 0 aromatic carbocycles. The number of carbonyl (C=O) groups is 5. The first-order valence-electron chi connectivity index (χ1n) is 17.3. The third-order valence-electron chi connectivity index (χ3n) is 9.21. The fourth-order valence-electron chi connectivity index (χ4n) is 5.36. The average molecular weight is 745 g/mol. The Labute approximate surface area is 307 Å². The van der Waals surface area contributed by atoms with E-state index in [-0.39, 0.29) is 51.8 Å². The van der Waals surface area contributed by atoms with Gasteiger partial charge < -0.3 is 43.2 Å². The standard InChI is InChI=1S/C36H48N4O13/c1-32(2)49-19-35(6,20-50-32)30(44)47-17-34(5,18-48-31(45)36(7)21-51-33(3,4)52-22-36)29(43)46-16-24-15-40(39-38-24)13-12-37-27(41)25-14-23-10-8-9-11-26(23)53-28(25)42/h8-11,14-15,25-26H,12-13,16-22H2,1-7H3,(H,37,41). The van der Waals surface area contributed by atoms with Crippen molar-refractivity contribution in [2.75, 3.05) is 46.2 Å². The highest BCUT2D eigenvalue weighted by Gasteiger charge is 2.48. The smallest absolute Gasteiger partial charge is 0.323 e. The van der Waals surface area contributed by atoms with Gasteiger partial charge in [-0.3, -0.25) is 28.7 Å². The molecule has 290 valence electrons. The molecule has 0 bridgehead atoms. The summed E-state index contributed by atoms with van der Waals surface area (Å²) in [5, 5.41) is 10.7. The van der Waals surface area contributed by atoms with Crippen molar-refractivity contribution in [3.8, 4) is 0 Å². The number of ether oxygens (including phenoxy) is 8. The second-order valence-corrected chi connectivity index (χ2v) is 15.4. The molecule has 2 fully saturated rings. The Morgan fingerprint density at radius 2 is 1.45 bits per heavy atom. The van der Waals surface area contributed by atoms with Crippen LogP contribution < -0.4 is 5.32 Å². The number of nitrogens with one attached hydrogen (secondary N) is 1. The Hall–Kier alpha value is -4.45. The molecule has 0 saturated carbocycles. The van der Waals surface area contributed by atoms with Gasteiger partial charge in [0.2, 0.25) is 5.91 Å². The van der Waals surface area contributed by atoms with Gasteiger partial charge in [-0.25, -0.2) is 0 Å². The molecule has 4 heterocycles. The summed E-state index contributed by atoms with van der Waals surface area (Å²) in [5.41, 5.74) is -2.91. The zero-order valence-corrected chi connectivity index (χ0v) is 31.1. The number of fused-ring (bicyclic) bond motifs is 1. The van der Waals surface area contributed by atoms with Crippen LogP contribution in [-0.2, 0) is 75.0 Å². The van der Waals surface area contributed by atoms with Gasteiger partial charge in [0.1, 0.15) is 47.9 Å².